The zero-order chi connectivity index (χ0) is 14.8. The van der Waals surface area contributed by atoms with Crippen molar-refractivity contribution < 1.29 is 8.81 Å². The third kappa shape index (κ3) is 2.50. The monoisotopic (exact) mass is 280 g/mol. The summed E-state index contributed by atoms with van der Waals surface area (Å²) < 4.78 is 18.9. The molecule has 0 aliphatic carbocycles. The minimum absolute atomic E-state index is 0.110. The summed E-state index contributed by atoms with van der Waals surface area (Å²) >= 11 is 0. The van der Waals surface area contributed by atoms with Crippen molar-refractivity contribution in [3.05, 3.63) is 82.8 Å². The van der Waals surface area contributed by atoms with Crippen LogP contribution in [-0.4, -0.2) is 0 Å². The molecule has 0 saturated heterocycles. The van der Waals surface area contributed by atoms with Crippen LogP contribution in [0.5, 0.6) is 0 Å². The maximum atomic E-state index is 13.0. The molecule has 0 N–H and O–H groups in total. The van der Waals surface area contributed by atoms with E-state index >= 15 is 0 Å². The Kier molecular flexibility index (Phi) is 3.40. The van der Waals surface area contributed by atoms with Gasteiger partial charge >= 0.3 is 0 Å². The van der Waals surface area contributed by atoms with E-state index in [4.69, 9.17) is 4.42 Å². The van der Waals surface area contributed by atoms with Crippen molar-refractivity contribution in [1.29, 1.82) is 0 Å². The van der Waals surface area contributed by atoms with Crippen LogP contribution in [0.25, 0.3) is 22.3 Å². The lowest BCUT2D eigenvalue weighted by Crippen LogP contribution is -2.01. The van der Waals surface area contributed by atoms with Crippen LogP contribution in [0.15, 0.2) is 70.4 Å². The molecule has 0 saturated carbocycles. The summed E-state index contributed by atoms with van der Waals surface area (Å²) in [5, 5.41) is 0.542. The lowest BCUT2D eigenvalue weighted by Gasteiger charge is -2.06. The van der Waals surface area contributed by atoms with E-state index in [2.05, 4.69) is 6.58 Å². The van der Waals surface area contributed by atoms with Gasteiger partial charge in [0.2, 0.25) is 0 Å². The summed E-state index contributed by atoms with van der Waals surface area (Å²) in [6, 6.07) is 12.8. The first-order valence-corrected chi connectivity index (χ1v) is 6.61. The second-order valence-electron chi connectivity index (χ2n) is 4.77. The zero-order valence-corrected chi connectivity index (χ0v) is 11.3. The summed E-state index contributed by atoms with van der Waals surface area (Å²) in [7, 11) is 0. The predicted molar refractivity (Wildman–Crippen MR) is 81.8 cm³/mol. The normalized spacial score (nSPS) is 10.7. The van der Waals surface area contributed by atoms with E-state index in [-0.39, 0.29) is 11.2 Å². The minimum atomic E-state index is -0.325. The number of benzene rings is 2. The van der Waals surface area contributed by atoms with E-state index in [1.807, 2.05) is 12.1 Å². The number of fused-ring (bicyclic) bond motifs is 1. The largest absolute Gasteiger partial charge is 0.456 e. The van der Waals surface area contributed by atoms with Gasteiger partial charge in [0.25, 0.3) is 0 Å². The van der Waals surface area contributed by atoms with Gasteiger partial charge in [-0.1, -0.05) is 18.2 Å². The molecule has 0 amide bonds. The molecule has 0 spiro atoms. The Labute approximate surface area is 121 Å². The molecule has 0 aliphatic rings. The first-order chi connectivity index (χ1) is 10.2. The third-order valence-electron chi connectivity index (χ3n) is 3.33. The maximum absolute atomic E-state index is 13.0. The van der Waals surface area contributed by atoms with Crippen molar-refractivity contribution in [2.75, 3.05) is 0 Å². The highest BCUT2D eigenvalue weighted by molar-refractivity contribution is 5.81. The Morgan fingerprint density at radius 3 is 2.62 bits per heavy atom. The standard InChI is InChI=1S/C18H13FO2/c1-2-4-13-5-3-6-15-16(20)11-17(21-18(13)15)12-7-9-14(19)10-8-12/h2-3,5-11H,1,4H2. The molecular formula is C18H13FO2. The molecule has 2 nitrogen and oxygen atoms in total. The zero-order valence-electron chi connectivity index (χ0n) is 11.3. The second-order valence-corrected chi connectivity index (χ2v) is 4.77. The van der Waals surface area contributed by atoms with Gasteiger partial charge in [-0.25, -0.2) is 4.39 Å². The van der Waals surface area contributed by atoms with Gasteiger partial charge in [0.05, 0.1) is 5.39 Å². The molecule has 21 heavy (non-hydrogen) atoms. The Balaban J connectivity index is 2.26. The number of halogens is 1. The Hall–Kier alpha value is -2.68. The van der Waals surface area contributed by atoms with E-state index in [9.17, 15) is 9.18 Å². The topological polar surface area (TPSA) is 30.2 Å². The highest BCUT2D eigenvalue weighted by atomic mass is 19.1. The smallest absolute Gasteiger partial charge is 0.193 e. The van der Waals surface area contributed by atoms with E-state index in [0.717, 1.165) is 5.56 Å². The van der Waals surface area contributed by atoms with Gasteiger partial charge in [0, 0.05) is 11.6 Å². The maximum Gasteiger partial charge on any atom is 0.193 e. The van der Waals surface area contributed by atoms with Crippen LogP contribution < -0.4 is 5.43 Å². The molecule has 2 aromatic carbocycles. The van der Waals surface area contributed by atoms with Crippen LogP contribution in [0.2, 0.25) is 0 Å². The highest BCUT2D eigenvalue weighted by Gasteiger charge is 2.09. The average molecular weight is 280 g/mol. The molecule has 0 radical (unpaired) electrons. The molecule has 104 valence electrons. The Morgan fingerprint density at radius 2 is 1.90 bits per heavy atom. The summed E-state index contributed by atoms with van der Waals surface area (Å²) in [6.45, 7) is 3.71. The quantitative estimate of drug-likeness (QED) is 0.668. The van der Waals surface area contributed by atoms with Crippen LogP contribution in [0.4, 0.5) is 4.39 Å². The molecule has 0 aliphatic heterocycles. The Morgan fingerprint density at radius 1 is 1.14 bits per heavy atom. The number of hydrogen-bond acceptors (Lipinski definition) is 2. The number of para-hydroxylation sites is 1. The van der Waals surface area contributed by atoms with Crippen molar-refractivity contribution in [1.82, 2.24) is 0 Å². The first-order valence-electron chi connectivity index (χ1n) is 6.61. The molecule has 0 fully saturated rings. The molecule has 0 atom stereocenters. The van der Waals surface area contributed by atoms with Crippen LogP contribution in [0, 0.1) is 5.82 Å². The summed E-state index contributed by atoms with van der Waals surface area (Å²) in [6.07, 6.45) is 2.38. The van der Waals surface area contributed by atoms with Gasteiger partial charge in [-0.2, -0.15) is 0 Å². The van der Waals surface area contributed by atoms with Gasteiger partial charge in [-0.15, -0.1) is 6.58 Å². The van der Waals surface area contributed by atoms with E-state index < -0.39 is 0 Å². The van der Waals surface area contributed by atoms with Gasteiger partial charge in [0.15, 0.2) is 5.43 Å². The van der Waals surface area contributed by atoms with Gasteiger partial charge in [-0.3, -0.25) is 4.79 Å². The van der Waals surface area contributed by atoms with Gasteiger partial charge in [0.1, 0.15) is 17.2 Å². The van der Waals surface area contributed by atoms with Crippen molar-refractivity contribution in [3.8, 4) is 11.3 Å². The fourth-order valence-corrected chi connectivity index (χ4v) is 2.31. The van der Waals surface area contributed by atoms with Gasteiger partial charge < -0.3 is 4.42 Å². The Bertz CT molecular complexity index is 861. The van der Waals surface area contributed by atoms with Crippen molar-refractivity contribution in [3.63, 3.8) is 0 Å². The minimum Gasteiger partial charge on any atom is -0.456 e. The van der Waals surface area contributed by atoms with Crippen LogP contribution in [0.1, 0.15) is 5.56 Å². The number of rotatable bonds is 3. The van der Waals surface area contributed by atoms with Crippen molar-refractivity contribution in [2.45, 2.75) is 6.42 Å². The molecule has 1 aromatic heterocycles. The summed E-state index contributed by atoms with van der Waals surface area (Å²) in [4.78, 5) is 12.2. The third-order valence-corrected chi connectivity index (χ3v) is 3.33. The van der Waals surface area contributed by atoms with E-state index in [0.29, 0.717) is 28.7 Å². The second kappa shape index (κ2) is 5.37. The van der Waals surface area contributed by atoms with E-state index in [1.54, 1.807) is 24.3 Å². The number of allylic oxidation sites excluding steroid dienone is 1. The molecule has 1 heterocycles. The van der Waals surface area contributed by atoms with Crippen molar-refractivity contribution >= 4 is 11.0 Å². The van der Waals surface area contributed by atoms with E-state index in [1.165, 1.54) is 18.2 Å². The molecular weight excluding hydrogens is 267 g/mol. The molecule has 0 bridgehead atoms. The molecule has 3 aromatic rings. The summed E-state index contributed by atoms with van der Waals surface area (Å²) in [5.74, 6) is 0.109. The van der Waals surface area contributed by atoms with Crippen LogP contribution in [-0.2, 0) is 6.42 Å². The molecule has 0 unspecified atom stereocenters. The SMILES string of the molecule is C=CCc1cccc2c(=O)cc(-c3ccc(F)cc3)oc12. The lowest BCUT2D eigenvalue weighted by molar-refractivity contribution is 0.612. The fourth-order valence-electron chi connectivity index (χ4n) is 2.31. The average Bonchev–Trinajstić information content (AvgIpc) is 2.49. The molecule has 3 rings (SSSR count). The van der Waals surface area contributed by atoms with Crippen molar-refractivity contribution in [2.24, 2.45) is 0 Å². The van der Waals surface area contributed by atoms with Gasteiger partial charge in [-0.05, 0) is 42.3 Å². The lowest BCUT2D eigenvalue weighted by atomic mass is 10.1. The highest BCUT2D eigenvalue weighted by Crippen LogP contribution is 2.24. The predicted octanol–water partition coefficient (Wildman–Crippen LogP) is 4.33. The molecule has 3 heteroatoms. The van der Waals surface area contributed by atoms with Crippen LogP contribution >= 0.6 is 0 Å². The fraction of sp³-hybridized carbons (Fsp3) is 0.0556. The first kappa shape index (κ1) is 13.3. The van der Waals surface area contributed by atoms with Crippen LogP contribution in [0.3, 0.4) is 0 Å². The summed E-state index contributed by atoms with van der Waals surface area (Å²) in [5.41, 5.74) is 2.03. The number of hydrogen-bond donors (Lipinski definition) is 0.